The van der Waals surface area contributed by atoms with Crippen molar-refractivity contribution in [1.29, 1.82) is 5.26 Å². The van der Waals surface area contributed by atoms with Gasteiger partial charge in [0.1, 0.15) is 5.54 Å². The summed E-state index contributed by atoms with van der Waals surface area (Å²) in [6.07, 6.45) is 2.02. The molecule has 12 heavy (non-hydrogen) atoms. The van der Waals surface area contributed by atoms with Crippen LogP contribution in [0.25, 0.3) is 0 Å². The number of hydrogen-bond acceptors (Lipinski definition) is 3. The number of nitrogens with one attached hydrogen (secondary N) is 1. The fourth-order valence-corrected chi connectivity index (χ4v) is 1.97. The predicted molar refractivity (Wildman–Crippen MR) is 46.9 cm³/mol. The van der Waals surface area contributed by atoms with Crippen molar-refractivity contribution in [3.8, 4) is 6.07 Å². The van der Waals surface area contributed by atoms with Crippen LogP contribution in [-0.2, 0) is 10.0 Å². The summed E-state index contributed by atoms with van der Waals surface area (Å²) in [7, 11) is -3.29. The Morgan fingerprint density at radius 3 is 1.92 bits per heavy atom. The average molecular weight is 190 g/mol. The van der Waals surface area contributed by atoms with E-state index >= 15 is 0 Å². The third-order valence-electron chi connectivity index (χ3n) is 1.80. The maximum atomic E-state index is 10.9. The molecular weight excluding hydrogens is 176 g/mol. The minimum absolute atomic E-state index is 0.479. The summed E-state index contributed by atoms with van der Waals surface area (Å²) in [4.78, 5) is 0. The first-order chi connectivity index (χ1) is 5.39. The Hall–Kier alpha value is -0.600. The maximum Gasteiger partial charge on any atom is 0.210 e. The largest absolute Gasteiger partial charge is 0.213 e. The van der Waals surface area contributed by atoms with Crippen LogP contribution in [-0.4, -0.2) is 20.2 Å². The van der Waals surface area contributed by atoms with Gasteiger partial charge in [0.15, 0.2) is 0 Å². The van der Waals surface area contributed by atoms with Crippen LogP contribution in [0.15, 0.2) is 0 Å². The third-order valence-corrected chi connectivity index (χ3v) is 2.56. The van der Waals surface area contributed by atoms with Gasteiger partial charge in [0.05, 0.1) is 12.3 Å². The van der Waals surface area contributed by atoms with Gasteiger partial charge in [-0.25, -0.2) is 8.42 Å². The van der Waals surface area contributed by atoms with Gasteiger partial charge in [-0.2, -0.15) is 9.98 Å². The molecule has 0 radical (unpaired) electrons. The second kappa shape index (κ2) is 3.87. The maximum absolute atomic E-state index is 10.9. The first-order valence-corrected chi connectivity index (χ1v) is 5.68. The molecule has 0 fully saturated rings. The zero-order chi connectivity index (χ0) is 9.83. The highest BCUT2D eigenvalue weighted by Crippen LogP contribution is 2.14. The van der Waals surface area contributed by atoms with Gasteiger partial charge in [0, 0.05) is 0 Å². The first-order valence-electron chi connectivity index (χ1n) is 3.79. The first kappa shape index (κ1) is 11.4. The molecule has 0 aliphatic rings. The molecule has 0 rings (SSSR count). The summed E-state index contributed by atoms with van der Waals surface area (Å²) in [5.41, 5.74) is -0.923. The van der Waals surface area contributed by atoms with Gasteiger partial charge in [-0.1, -0.05) is 13.8 Å². The van der Waals surface area contributed by atoms with E-state index in [4.69, 9.17) is 5.26 Å². The minimum atomic E-state index is -3.29. The lowest BCUT2D eigenvalue weighted by atomic mass is 9.97. The van der Waals surface area contributed by atoms with E-state index in [1.54, 1.807) is 13.8 Å². The summed E-state index contributed by atoms with van der Waals surface area (Å²) in [5.74, 6) is 0. The second-order valence-electron chi connectivity index (χ2n) is 2.78. The molecule has 0 heterocycles. The molecule has 0 aromatic rings. The zero-order valence-electron chi connectivity index (χ0n) is 7.59. The normalized spacial score (nSPS) is 12.5. The number of sulfonamides is 1. The lowest BCUT2D eigenvalue weighted by molar-refractivity contribution is 0.448. The van der Waals surface area contributed by atoms with E-state index in [1.807, 2.05) is 6.07 Å². The molecule has 0 saturated carbocycles. The van der Waals surface area contributed by atoms with Crippen molar-refractivity contribution in [3.63, 3.8) is 0 Å². The van der Waals surface area contributed by atoms with Gasteiger partial charge in [-0.15, -0.1) is 0 Å². The Bertz CT molecular complexity index is 272. The topological polar surface area (TPSA) is 70.0 Å². The van der Waals surface area contributed by atoms with E-state index in [2.05, 4.69) is 4.72 Å². The molecule has 0 unspecified atom stereocenters. The predicted octanol–water partition coefficient (Wildman–Crippen LogP) is 0.618. The monoisotopic (exact) mass is 190 g/mol. The molecule has 4 nitrogen and oxygen atoms in total. The third kappa shape index (κ3) is 3.20. The average Bonchev–Trinajstić information content (AvgIpc) is 1.99. The molecule has 5 heteroatoms. The van der Waals surface area contributed by atoms with Crippen LogP contribution >= 0.6 is 0 Å². The molecule has 0 amide bonds. The zero-order valence-corrected chi connectivity index (χ0v) is 8.40. The molecule has 1 N–H and O–H groups in total. The summed E-state index contributed by atoms with van der Waals surface area (Å²) >= 11 is 0. The van der Waals surface area contributed by atoms with Crippen molar-refractivity contribution >= 4 is 10.0 Å². The highest BCUT2D eigenvalue weighted by molar-refractivity contribution is 7.88. The van der Waals surface area contributed by atoms with Gasteiger partial charge < -0.3 is 0 Å². The number of hydrogen-bond donors (Lipinski definition) is 1. The molecule has 70 valence electrons. The Kier molecular flexibility index (Phi) is 3.68. The van der Waals surface area contributed by atoms with E-state index in [9.17, 15) is 8.42 Å². The molecule has 0 saturated heterocycles. The van der Waals surface area contributed by atoms with Crippen LogP contribution in [0.5, 0.6) is 0 Å². The van der Waals surface area contributed by atoms with Gasteiger partial charge in [-0.3, -0.25) is 0 Å². The van der Waals surface area contributed by atoms with E-state index in [0.717, 1.165) is 6.26 Å². The molecule has 0 atom stereocenters. The molecule has 0 aromatic carbocycles. The fraction of sp³-hybridized carbons (Fsp3) is 0.857. The summed E-state index contributed by atoms with van der Waals surface area (Å²) in [6.45, 7) is 3.57. The van der Waals surface area contributed by atoms with Gasteiger partial charge in [-0.05, 0) is 12.8 Å². The Morgan fingerprint density at radius 1 is 1.42 bits per heavy atom. The SMILES string of the molecule is CCC(C#N)(CC)NS(C)(=O)=O. The Balaban J connectivity index is 4.68. The van der Waals surface area contributed by atoms with Crippen molar-refractivity contribution < 1.29 is 8.42 Å². The van der Waals surface area contributed by atoms with E-state index < -0.39 is 15.6 Å². The summed E-state index contributed by atoms with van der Waals surface area (Å²) in [6, 6.07) is 1.98. The molecule has 0 aliphatic heterocycles. The number of nitriles is 1. The minimum Gasteiger partial charge on any atom is -0.213 e. The van der Waals surface area contributed by atoms with Crippen LogP contribution < -0.4 is 4.72 Å². The quantitative estimate of drug-likeness (QED) is 0.706. The summed E-state index contributed by atoms with van der Waals surface area (Å²) < 4.78 is 24.1. The van der Waals surface area contributed by atoms with Gasteiger partial charge in [0.25, 0.3) is 0 Å². The van der Waals surface area contributed by atoms with Crippen LogP contribution in [0.4, 0.5) is 0 Å². The standard InChI is InChI=1S/C7H14N2O2S/c1-4-7(5-2,6-8)9-12(3,10)11/h9H,4-5H2,1-3H3. The number of rotatable bonds is 4. The van der Waals surface area contributed by atoms with Crippen LogP contribution in [0.2, 0.25) is 0 Å². The summed E-state index contributed by atoms with van der Waals surface area (Å²) in [5, 5.41) is 8.76. The second-order valence-corrected chi connectivity index (χ2v) is 4.52. The smallest absolute Gasteiger partial charge is 0.210 e. The molecule has 0 spiro atoms. The van der Waals surface area contributed by atoms with Gasteiger partial charge >= 0.3 is 0 Å². The Labute approximate surface area is 73.6 Å². The van der Waals surface area contributed by atoms with Crippen LogP contribution in [0.1, 0.15) is 26.7 Å². The van der Waals surface area contributed by atoms with Crippen LogP contribution in [0, 0.1) is 11.3 Å². The van der Waals surface area contributed by atoms with E-state index in [-0.39, 0.29) is 0 Å². The lowest BCUT2D eigenvalue weighted by Crippen LogP contribution is -2.45. The van der Waals surface area contributed by atoms with Gasteiger partial charge in [0.2, 0.25) is 10.0 Å². The molecule has 0 bridgehead atoms. The van der Waals surface area contributed by atoms with Crippen molar-refractivity contribution in [2.75, 3.05) is 6.26 Å². The highest BCUT2D eigenvalue weighted by atomic mass is 32.2. The lowest BCUT2D eigenvalue weighted by Gasteiger charge is -2.23. The van der Waals surface area contributed by atoms with Crippen molar-refractivity contribution in [2.45, 2.75) is 32.2 Å². The molecular formula is C7H14N2O2S. The van der Waals surface area contributed by atoms with Crippen LogP contribution in [0.3, 0.4) is 0 Å². The molecule has 0 aliphatic carbocycles. The molecule has 0 aromatic heterocycles. The highest BCUT2D eigenvalue weighted by Gasteiger charge is 2.28. The van der Waals surface area contributed by atoms with Crippen molar-refractivity contribution in [3.05, 3.63) is 0 Å². The van der Waals surface area contributed by atoms with Crippen molar-refractivity contribution in [1.82, 2.24) is 4.72 Å². The van der Waals surface area contributed by atoms with Crippen molar-refractivity contribution in [2.24, 2.45) is 0 Å². The Morgan fingerprint density at radius 2 is 1.83 bits per heavy atom. The number of nitrogens with zero attached hydrogens (tertiary/aromatic N) is 1. The fourth-order valence-electron chi connectivity index (χ4n) is 0.930. The van der Waals surface area contributed by atoms with E-state index in [1.165, 1.54) is 0 Å². The van der Waals surface area contributed by atoms with E-state index in [0.29, 0.717) is 12.8 Å².